The first kappa shape index (κ1) is 14.5. The fourth-order valence-electron chi connectivity index (χ4n) is 1.34. The summed E-state index contributed by atoms with van der Waals surface area (Å²) in [7, 11) is -3.54. The van der Waals surface area contributed by atoms with E-state index >= 15 is 0 Å². The van der Waals surface area contributed by atoms with E-state index in [1.807, 2.05) is 22.9 Å². The summed E-state index contributed by atoms with van der Waals surface area (Å²) in [5.41, 5.74) is 7.18. The Balaban J connectivity index is 2.56. The van der Waals surface area contributed by atoms with Crippen LogP contribution in [0.4, 0.5) is 5.69 Å². The second-order valence-electron chi connectivity index (χ2n) is 4.32. The topological polar surface area (TPSA) is 89.3 Å². The molecule has 1 rings (SSSR count). The van der Waals surface area contributed by atoms with Crippen molar-refractivity contribution >= 4 is 21.6 Å². The molecule has 0 aliphatic heterocycles. The molecule has 0 unspecified atom stereocenters. The first-order valence-electron chi connectivity index (χ1n) is 5.71. The average Bonchev–Trinajstić information content (AvgIpc) is 2.27. The van der Waals surface area contributed by atoms with Gasteiger partial charge in [0.2, 0.25) is 15.9 Å². The van der Waals surface area contributed by atoms with Gasteiger partial charge < -0.3 is 5.73 Å². The lowest BCUT2D eigenvalue weighted by atomic mass is 10.1. The Labute approximate surface area is 107 Å². The first-order valence-corrected chi connectivity index (χ1v) is 7.25. The highest BCUT2D eigenvalue weighted by atomic mass is 32.2. The number of carbonyl (C=O) groups is 1. The van der Waals surface area contributed by atoms with Gasteiger partial charge in [-0.3, -0.25) is 9.52 Å². The van der Waals surface area contributed by atoms with Gasteiger partial charge in [0.15, 0.2) is 0 Å². The van der Waals surface area contributed by atoms with E-state index in [0.717, 1.165) is 5.56 Å². The molecule has 100 valence electrons. The molecule has 0 heterocycles. The van der Waals surface area contributed by atoms with E-state index in [0.29, 0.717) is 12.1 Å². The second-order valence-corrected chi connectivity index (χ2v) is 6.55. The van der Waals surface area contributed by atoms with Crippen LogP contribution >= 0.6 is 0 Å². The summed E-state index contributed by atoms with van der Waals surface area (Å²) in [4.78, 5) is 11.5. The third kappa shape index (κ3) is 4.03. The number of para-hydroxylation sites is 1. The zero-order valence-corrected chi connectivity index (χ0v) is 11.3. The molecule has 6 heteroatoms. The summed E-state index contributed by atoms with van der Waals surface area (Å²) in [6.45, 7) is 3.04. The number of hydrogen-bond acceptors (Lipinski definition) is 4. The third-order valence-corrected chi connectivity index (χ3v) is 4.31. The van der Waals surface area contributed by atoms with Crippen molar-refractivity contribution in [1.82, 2.24) is 4.72 Å². The van der Waals surface area contributed by atoms with E-state index in [1.54, 1.807) is 6.07 Å². The van der Waals surface area contributed by atoms with Crippen LogP contribution in [0.5, 0.6) is 0 Å². The van der Waals surface area contributed by atoms with Crippen LogP contribution in [0.25, 0.3) is 0 Å². The van der Waals surface area contributed by atoms with Gasteiger partial charge in [-0.1, -0.05) is 18.2 Å². The average molecular weight is 270 g/mol. The summed E-state index contributed by atoms with van der Waals surface area (Å²) in [5.74, 6) is -0.507. The third-order valence-electron chi connectivity index (χ3n) is 2.55. The van der Waals surface area contributed by atoms with Gasteiger partial charge in [0.1, 0.15) is 0 Å². The van der Waals surface area contributed by atoms with Crippen molar-refractivity contribution in [2.75, 3.05) is 5.73 Å². The molecule has 18 heavy (non-hydrogen) atoms. The van der Waals surface area contributed by atoms with E-state index in [9.17, 15) is 13.2 Å². The zero-order valence-electron chi connectivity index (χ0n) is 10.5. The van der Waals surface area contributed by atoms with Crippen LogP contribution in [0.1, 0.15) is 25.8 Å². The number of nitrogen functional groups attached to an aromatic ring is 1. The number of benzene rings is 1. The number of rotatable bonds is 5. The summed E-state index contributed by atoms with van der Waals surface area (Å²) in [5, 5.41) is -0.622. The molecule has 0 saturated carbocycles. The molecule has 0 spiro atoms. The smallest absolute Gasteiger partial charge is 0.237 e. The summed E-state index contributed by atoms with van der Waals surface area (Å²) < 4.78 is 25.0. The molecule has 3 N–H and O–H groups in total. The lowest BCUT2D eigenvalue weighted by molar-refractivity contribution is -0.119. The minimum absolute atomic E-state index is 0.0974. The SMILES string of the molecule is CC(C)S(=O)(=O)NC(=O)CCc1ccccc1N. The molecule has 0 aromatic heterocycles. The van der Waals surface area contributed by atoms with Crippen LogP contribution in [0, 0.1) is 0 Å². The fraction of sp³-hybridized carbons (Fsp3) is 0.417. The van der Waals surface area contributed by atoms with Crippen LogP contribution in [-0.2, 0) is 21.2 Å². The summed E-state index contributed by atoms with van der Waals surface area (Å²) in [6.07, 6.45) is 0.520. The van der Waals surface area contributed by atoms with Crippen LogP contribution in [0.15, 0.2) is 24.3 Å². The first-order chi connectivity index (χ1) is 8.33. The normalized spacial score (nSPS) is 11.5. The Morgan fingerprint density at radius 3 is 2.50 bits per heavy atom. The monoisotopic (exact) mass is 270 g/mol. The maximum atomic E-state index is 11.5. The van der Waals surface area contributed by atoms with Crippen molar-refractivity contribution in [2.45, 2.75) is 31.9 Å². The van der Waals surface area contributed by atoms with Crippen molar-refractivity contribution in [2.24, 2.45) is 0 Å². The molecule has 0 aliphatic carbocycles. The highest BCUT2D eigenvalue weighted by Crippen LogP contribution is 2.12. The molecule has 0 radical (unpaired) electrons. The quantitative estimate of drug-likeness (QED) is 0.783. The molecular formula is C12H18N2O3S. The zero-order chi connectivity index (χ0) is 13.8. The molecule has 1 aromatic rings. The lowest BCUT2D eigenvalue weighted by Gasteiger charge is -2.09. The van der Waals surface area contributed by atoms with Gasteiger partial charge in [-0.25, -0.2) is 8.42 Å². The number of nitrogens with two attached hydrogens (primary N) is 1. The number of sulfonamides is 1. The highest BCUT2D eigenvalue weighted by Gasteiger charge is 2.18. The van der Waals surface area contributed by atoms with Crippen LogP contribution in [0.3, 0.4) is 0 Å². The number of nitrogens with one attached hydrogen (secondary N) is 1. The Morgan fingerprint density at radius 2 is 1.94 bits per heavy atom. The van der Waals surface area contributed by atoms with Crippen LogP contribution in [0.2, 0.25) is 0 Å². The van der Waals surface area contributed by atoms with Crippen molar-refractivity contribution < 1.29 is 13.2 Å². The maximum absolute atomic E-state index is 11.5. The van der Waals surface area contributed by atoms with Crippen molar-refractivity contribution in [3.05, 3.63) is 29.8 Å². The van der Waals surface area contributed by atoms with Crippen molar-refractivity contribution in [3.8, 4) is 0 Å². The summed E-state index contributed by atoms with van der Waals surface area (Å²) in [6, 6.07) is 7.20. The molecule has 1 amide bonds. The predicted molar refractivity (Wildman–Crippen MR) is 71.4 cm³/mol. The van der Waals surface area contributed by atoms with Gasteiger partial charge in [0, 0.05) is 12.1 Å². The molecule has 0 atom stereocenters. The number of hydrogen-bond donors (Lipinski definition) is 2. The number of aryl methyl sites for hydroxylation is 1. The molecular weight excluding hydrogens is 252 g/mol. The molecule has 0 fully saturated rings. The van der Waals surface area contributed by atoms with Gasteiger partial charge >= 0.3 is 0 Å². The van der Waals surface area contributed by atoms with Crippen LogP contribution < -0.4 is 10.5 Å². The van der Waals surface area contributed by atoms with Gasteiger partial charge in [-0.15, -0.1) is 0 Å². The standard InChI is InChI=1S/C12H18N2O3S/c1-9(2)18(16,17)14-12(15)8-7-10-5-3-4-6-11(10)13/h3-6,9H,7-8,13H2,1-2H3,(H,14,15). The van der Waals surface area contributed by atoms with E-state index in [4.69, 9.17) is 5.73 Å². The molecule has 0 aliphatic rings. The van der Waals surface area contributed by atoms with Crippen LogP contribution in [-0.4, -0.2) is 19.6 Å². The molecule has 0 saturated heterocycles. The predicted octanol–water partition coefficient (Wildman–Crippen LogP) is 1.06. The molecule has 0 bridgehead atoms. The van der Waals surface area contributed by atoms with E-state index in [2.05, 4.69) is 0 Å². The lowest BCUT2D eigenvalue weighted by Crippen LogP contribution is -2.35. The Kier molecular flexibility index (Phi) is 4.72. The highest BCUT2D eigenvalue weighted by molar-refractivity contribution is 7.90. The molecule has 5 nitrogen and oxygen atoms in total. The van der Waals surface area contributed by atoms with E-state index < -0.39 is 21.2 Å². The van der Waals surface area contributed by atoms with E-state index in [1.165, 1.54) is 13.8 Å². The second kappa shape index (κ2) is 5.86. The number of anilines is 1. The fourth-order valence-corrected chi connectivity index (χ4v) is 1.99. The van der Waals surface area contributed by atoms with Gasteiger partial charge in [-0.05, 0) is 31.9 Å². The minimum Gasteiger partial charge on any atom is -0.399 e. The minimum atomic E-state index is -3.54. The summed E-state index contributed by atoms with van der Waals surface area (Å²) >= 11 is 0. The maximum Gasteiger partial charge on any atom is 0.237 e. The largest absolute Gasteiger partial charge is 0.399 e. The van der Waals surface area contributed by atoms with E-state index in [-0.39, 0.29) is 6.42 Å². The Morgan fingerprint density at radius 1 is 1.33 bits per heavy atom. The van der Waals surface area contributed by atoms with Gasteiger partial charge in [0.25, 0.3) is 0 Å². The Bertz CT molecular complexity index is 524. The van der Waals surface area contributed by atoms with Crippen molar-refractivity contribution in [1.29, 1.82) is 0 Å². The Hall–Kier alpha value is -1.56. The molecule has 1 aromatic carbocycles. The van der Waals surface area contributed by atoms with Gasteiger partial charge in [-0.2, -0.15) is 0 Å². The van der Waals surface area contributed by atoms with Gasteiger partial charge in [0.05, 0.1) is 5.25 Å². The number of carbonyl (C=O) groups excluding carboxylic acids is 1. The number of amides is 1. The van der Waals surface area contributed by atoms with Crippen molar-refractivity contribution in [3.63, 3.8) is 0 Å².